The van der Waals surface area contributed by atoms with Gasteiger partial charge in [0.2, 0.25) is 0 Å². The van der Waals surface area contributed by atoms with E-state index in [1.54, 1.807) is 0 Å². The maximum Gasteiger partial charge on any atom is 0.000966 e. The van der Waals surface area contributed by atoms with Crippen molar-refractivity contribution in [2.75, 3.05) is 19.6 Å². The smallest absolute Gasteiger partial charge is 0.000966 e. The van der Waals surface area contributed by atoms with Crippen molar-refractivity contribution >= 4 is 0 Å². The van der Waals surface area contributed by atoms with Gasteiger partial charge in [-0.25, -0.2) is 0 Å². The largest absolute Gasteiger partial charge is 0.303 e. The van der Waals surface area contributed by atoms with Crippen LogP contribution in [0, 0.1) is 11.8 Å². The molecule has 76 valence electrons. The molecule has 0 spiro atoms. The van der Waals surface area contributed by atoms with Gasteiger partial charge in [-0.15, -0.1) is 0 Å². The molecule has 2 rings (SSSR count). The Morgan fingerprint density at radius 1 is 0.923 bits per heavy atom. The Balaban J connectivity index is 1.65. The first kappa shape index (κ1) is 9.51. The van der Waals surface area contributed by atoms with Crippen molar-refractivity contribution in [2.24, 2.45) is 11.8 Å². The summed E-state index contributed by atoms with van der Waals surface area (Å²) < 4.78 is 0. The lowest BCUT2D eigenvalue weighted by atomic mass is 9.83. The van der Waals surface area contributed by atoms with Gasteiger partial charge in [0.1, 0.15) is 0 Å². The van der Waals surface area contributed by atoms with Crippen molar-refractivity contribution < 1.29 is 0 Å². The average molecular weight is 181 g/mol. The first-order chi connectivity index (χ1) is 6.38. The fraction of sp³-hybridized carbons (Fsp3) is 1.00. The van der Waals surface area contributed by atoms with Crippen molar-refractivity contribution in [3.8, 4) is 0 Å². The molecule has 0 aliphatic heterocycles. The first-order valence-electron chi connectivity index (χ1n) is 6.11. The third-order valence-corrected chi connectivity index (χ3v) is 3.93. The lowest BCUT2D eigenvalue weighted by Gasteiger charge is -2.36. The summed E-state index contributed by atoms with van der Waals surface area (Å²) in [5, 5.41) is 0. The van der Waals surface area contributed by atoms with E-state index in [1.165, 1.54) is 58.2 Å². The molecule has 0 heterocycles. The summed E-state index contributed by atoms with van der Waals surface area (Å²) in [6, 6.07) is 0. The van der Waals surface area contributed by atoms with Gasteiger partial charge in [-0.1, -0.05) is 19.8 Å². The Bertz CT molecular complexity index is 131. The van der Waals surface area contributed by atoms with E-state index in [-0.39, 0.29) is 0 Å². The summed E-state index contributed by atoms with van der Waals surface area (Å²) in [6.07, 6.45) is 8.99. The second kappa shape index (κ2) is 4.45. The lowest BCUT2D eigenvalue weighted by molar-refractivity contribution is 0.136. The Kier molecular flexibility index (Phi) is 3.26. The number of rotatable bonds is 5. The zero-order valence-corrected chi connectivity index (χ0v) is 8.97. The Hall–Kier alpha value is -0.0400. The second-order valence-electron chi connectivity index (χ2n) is 4.95. The molecule has 0 N–H and O–H groups in total. The molecule has 0 amide bonds. The maximum absolute atomic E-state index is 2.69. The summed E-state index contributed by atoms with van der Waals surface area (Å²) >= 11 is 0. The SMILES string of the molecule is CCN(CC1CCC1)CC1CCC1. The van der Waals surface area contributed by atoms with Crippen LogP contribution in [0.25, 0.3) is 0 Å². The Morgan fingerprint density at radius 2 is 1.38 bits per heavy atom. The van der Waals surface area contributed by atoms with E-state index in [9.17, 15) is 0 Å². The van der Waals surface area contributed by atoms with Crippen LogP contribution in [0.4, 0.5) is 0 Å². The Morgan fingerprint density at radius 3 is 1.62 bits per heavy atom. The second-order valence-corrected chi connectivity index (χ2v) is 4.95. The molecule has 1 nitrogen and oxygen atoms in total. The van der Waals surface area contributed by atoms with Crippen molar-refractivity contribution in [2.45, 2.75) is 45.4 Å². The highest BCUT2D eigenvalue weighted by Gasteiger charge is 2.24. The molecule has 0 radical (unpaired) electrons. The van der Waals surface area contributed by atoms with Gasteiger partial charge in [0, 0.05) is 13.1 Å². The minimum atomic E-state index is 1.06. The van der Waals surface area contributed by atoms with Gasteiger partial charge in [0.05, 0.1) is 0 Å². The first-order valence-corrected chi connectivity index (χ1v) is 6.11. The molecule has 2 aliphatic carbocycles. The molecule has 2 saturated carbocycles. The predicted octanol–water partition coefficient (Wildman–Crippen LogP) is 2.91. The standard InChI is InChI=1S/C12H23N/c1-2-13(9-11-5-3-6-11)10-12-7-4-8-12/h11-12H,2-10H2,1H3. The van der Waals surface area contributed by atoms with Crippen LogP contribution in [0.2, 0.25) is 0 Å². The highest BCUT2D eigenvalue weighted by molar-refractivity contribution is 4.77. The molecule has 0 aromatic heterocycles. The average Bonchev–Trinajstić information content (AvgIpc) is 1.98. The molecule has 2 aliphatic rings. The third kappa shape index (κ3) is 2.46. The lowest BCUT2D eigenvalue weighted by Crippen LogP contribution is -2.37. The number of hydrogen-bond acceptors (Lipinski definition) is 1. The van der Waals surface area contributed by atoms with E-state index >= 15 is 0 Å². The molecule has 0 aromatic rings. The fourth-order valence-electron chi connectivity index (χ4n) is 2.41. The Labute approximate surface area is 82.5 Å². The van der Waals surface area contributed by atoms with Crippen molar-refractivity contribution in [1.29, 1.82) is 0 Å². The molecule has 0 saturated heterocycles. The van der Waals surface area contributed by atoms with Gasteiger partial charge < -0.3 is 4.90 Å². The molecule has 1 heteroatoms. The van der Waals surface area contributed by atoms with Crippen LogP contribution in [0.15, 0.2) is 0 Å². The van der Waals surface area contributed by atoms with Crippen LogP contribution in [-0.4, -0.2) is 24.5 Å². The van der Waals surface area contributed by atoms with Crippen LogP contribution in [-0.2, 0) is 0 Å². The van der Waals surface area contributed by atoms with Crippen LogP contribution < -0.4 is 0 Å². The van der Waals surface area contributed by atoms with Gasteiger partial charge >= 0.3 is 0 Å². The number of hydrogen-bond donors (Lipinski definition) is 0. The number of nitrogens with zero attached hydrogens (tertiary/aromatic N) is 1. The summed E-state index contributed by atoms with van der Waals surface area (Å²) in [5.41, 5.74) is 0. The van der Waals surface area contributed by atoms with Crippen LogP contribution >= 0.6 is 0 Å². The van der Waals surface area contributed by atoms with Gasteiger partial charge in [0.25, 0.3) is 0 Å². The maximum atomic E-state index is 2.69. The van der Waals surface area contributed by atoms with Crippen LogP contribution in [0.5, 0.6) is 0 Å². The van der Waals surface area contributed by atoms with E-state index in [1.807, 2.05) is 0 Å². The quantitative estimate of drug-likeness (QED) is 0.630. The van der Waals surface area contributed by atoms with E-state index in [2.05, 4.69) is 11.8 Å². The van der Waals surface area contributed by atoms with Gasteiger partial charge in [-0.3, -0.25) is 0 Å². The molecular weight excluding hydrogens is 158 g/mol. The van der Waals surface area contributed by atoms with E-state index in [0.29, 0.717) is 0 Å². The summed E-state index contributed by atoms with van der Waals surface area (Å²) in [6.45, 7) is 6.38. The highest BCUT2D eigenvalue weighted by atomic mass is 15.1. The predicted molar refractivity (Wildman–Crippen MR) is 56.8 cm³/mol. The summed E-state index contributed by atoms with van der Waals surface area (Å²) in [5.74, 6) is 2.11. The molecular formula is C12H23N. The van der Waals surface area contributed by atoms with Crippen molar-refractivity contribution in [3.05, 3.63) is 0 Å². The van der Waals surface area contributed by atoms with Gasteiger partial charge in [0.15, 0.2) is 0 Å². The highest BCUT2D eigenvalue weighted by Crippen LogP contribution is 2.30. The van der Waals surface area contributed by atoms with Gasteiger partial charge in [-0.2, -0.15) is 0 Å². The molecule has 0 aromatic carbocycles. The molecule has 2 fully saturated rings. The summed E-state index contributed by atoms with van der Waals surface area (Å²) in [4.78, 5) is 2.69. The zero-order valence-electron chi connectivity index (χ0n) is 8.97. The molecule has 0 bridgehead atoms. The fourth-order valence-corrected chi connectivity index (χ4v) is 2.41. The molecule has 13 heavy (non-hydrogen) atoms. The van der Waals surface area contributed by atoms with Crippen molar-refractivity contribution in [1.82, 2.24) is 4.90 Å². The third-order valence-electron chi connectivity index (χ3n) is 3.93. The topological polar surface area (TPSA) is 3.24 Å². The van der Waals surface area contributed by atoms with E-state index in [4.69, 9.17) is 0 Å². The molecule has 0 unspecified atom stereocenters. The zero-order chi connectivity index (χ0) is 9.10. The normalized spacial score (nSPS) is 24.5. The molecule has 0 atom stereocenters. The van der Waals surface area contributed by atoms with E-state index in [0.717, 1.165) is 11.8 Å². The van der Waals surface area contributed by atoms with E-state index < -0.39 is 0 Å². The minimum absolute atomic E-state index is 1.06. The van der Waals surface area contributed by atoms with Crippen LogP contribution in [0.3, 0.4) is 0 Å². The summed E-state index contributed by atoms with van der Waals surface area (Å²) in [7, 11) is 0. The van der Waals surface area contributed by atoms with Gasteiger partial charge in [-0.05, 0) is 44.1 Å². The van der Waals surface area contributed by atoms with Crippen molar-refractivity contribution in [3.63, 3.8) is 0 Å². The minimum Gasteiger partial charge on any atom is -0.303 e. The van der Waals surface area contributed by atoms with Crippen LogP contribution in [0.1, 0.15) is 45.4 Å². The monoisotopic (exact) mass is 181 g/mol.